The third kappa shape index (κ3) is 2.68. The predicted molar refractivity (Wildman–Crippen MR) is 70.1 cm³/mol. The van der Waals surface area contributed by atoms with Gasteiger partial charge < -0.3 is 10.5 Å². The smallest absolute Gasteiger partial charge is 0.217 e. The van der Waals surface area contributed by atoms with Crippen molar-refractivity contribution in [3.63, 3.8) is 0 Å². The average Bonchev–Trinajstić information content (AvgIpc) is 2.58. The summed E-state index contributed by atoms with van der Waals surface area (Å²) in [5, 5.41) is 4.23. The highest BCUT2D eigenvalue weighted by Gasteiger charge is 2.08. The van der Waals surface area contributed by atoms with E-state index in [9.17, 15) is 0 Å². The molecular weight excluding hydrogens is 282 g/mol. The molecule has 0 bridgehead atoms. The third-order valence-electron chi connectivity index (χ3n) is 2.42. The fraction of sp³-hybridized carbons (Fsp3) is 0.250. The normalized spacial score (nSPS) is 10.6. The summed E-state index contributed by atoms with van der Waals surface area (Å²) in [5.74, 6) is 1.46. The minimum Gasteiger partial charge on any atom is -0.439 e. The molecule has 0 aliphatic heterocycles. The molecule has 5 heteroatoms. The van der Waals surface area contributed by atoms with Gasteiger partial charge in [-0.3, -0.25) is 0 Å². The third-order valence-corrected chi connectivity index (χ3v) is 2.92. The number of aryl methyl sites for hydroxylation is 2. The van der Waals surface area contributed by atoms with E-state index in [1.807, 2.05) is 38.2 Å². The zero-order valence-electron chi connectivity index (χ0n) is 9.77. The van der Waals surface area contributed by atoms with Crippen LogP contribution in [0.2, 0.25) is 0 Å². The van der Waals surface area contributed by atoms with Gasteiger partial charge in [0.2, 0.25) is 5.88 Å². The number of aromatic nitrogens is 2. The molecule has 0 saturated heterocycles. The van der Waals surface area contributed by atoms with E-state index in [1.165, 1.54) is 0 Å². The second-order valence-electron chi connectivity index (χ2n) is 3.81. The van der Waals surface area contributed by atoms with Crippen LogP contribution >= 0.6 is 15.9 Å². The summed E-state index contributed by atoms with van der Waals surface area (Å²) in [6, 6.07) is 7.69. The van der Waals surface area contributed by atoms with Gasteiger partial charge in [-0.25, -0.2) is 4.68 Å². The van der Waals surface area contributed by atoms with Crippen molar-refractivity contribution < 1.29 is 4.74 Å². The Kier molecular flexibility index (Phi) is 3.49. The predicted octanol–water partition coefficient (Wildman–Crippen LogP) is 2.74. The Labute approximate surface area is 109 Å². The SMILES string of the molecule is Cc1cc(Oc2cc(Br)ccc2CN)n(C)n1. The maximum Gasteiger partial charge on any atom is 0.217 e. The van der Waals surface area contributed by atoms with E-state index in [2.05, 4.69) is 21.0 Å². The molecule has 0 spiro atoms. The van der Waals surface area contributed by atoms with Crippen molar-refractivity contribution in [1.29, 1.82) is 0 Å². The van der Waals surface area contributed by atoms with Gasteiger partial charge in [-0.15, -0.1) is 0 Å². The summed E-state index contributed by atoms with van der Waals surface area (Å²) in [4.78, 5) is 0. The Bertz CT molecular complexity index is 537. The molecule has 90 valence electrons. The first-order valence-corrected chi connectivity index (χ1v) is 6.06. The zero-order chi connectivity index (χ0) is 12.4. The fourth-order valence-corrected chi connectivity index (χ4v) is 1.93. The number of ether oxygens (including phenoxy) is 1. The highest BCUT2D eigenvalue weighted by atomic mass is 79.9. The summed E-state index contributed by atoms with van der Waals surface area (Å²) in [6.45, 7) is 2.37. The molecule has 1 heterocycles. The van der Waals surface area contributed by atoms with Crippen molar-refractivity contribution in [2.24, 2.45) is 12.8 Å². The topological polar surface area (TPSA) is 53.1 Å². The Balaban J connectivity index is 2.35. The molecular formula is C12H14BrN3O. The average molecular weight is 296 g/mol. The largest absolute Gasteiger partial charge is 0.439 e. The van der Waals surface area contributed by atoms with Gasteiger partial charge in [0.05, 0.1) is 5.69 Å². The molecule has 2 aromatic rings. The molecule has 0 unspecified atom stereocenters. The molecule has 0 fully saturated rings. The van der Waals surface area contributed by atoms with Crippen LogP contribution in [0.4, 0.5) is 0 Å². The van der Waals surface area contributed by atoms with Crippen molar-refractivity contribution in [3.05, 3.63) is 40.0 Å². The fourth-order valence-electron chi connectivity index (χ4n) is 1.59. The Morgan fingerprint density at radius 3 is 2.76 bits per heavy atom. The maximum atomic E-state index is 5.82. The molecule has 1 aromatic heterocycles. The van der Waals surface area contributed by atoms with Gasteiger partial charge in [0.25, 0.3) is 0 Å². The van der Waals surface area contributed by atoms with Crippen LogP contribution in [0.15, 0.2) is 28.7 Å². The number of hydrogen-bond donors (Lipinski definition) is 1. The second kappa shape index (κ2) is 4.89. The van der Waals surface area contributed by atoms with Gasteiger partial charge in [-0.1, -0.05) is 22.0 Å². The lowest BCUT2D eigenvalue weighted by atomic mass is 10.2. The van der Waals surface area contributed by atoms with Crippen LogP contribution in [0, 0.1) is 6.92 Å². The number of halogens is 1. The van der Waals surface area contributed by atoms with E-state index in [0.29, 0.717) is 12.4 Å². The minimum absolute atomic E-state index is 0.444. The van der Waals surface area contributed by atoms with Crippen molar-refractivity contribution in [2.75, 3.05) is 0 Å². The molecule has 0 amide bonds. The molecule has 0 saturated carbocycles. The van der Waals surface area contributed by atoms with Gasteiger partial charge in [-0.05, 0) is 19.1 Å². The Morgan fingerprint density at radius 1 is 1.41 bits per heavy atom. The molecule has 17 heavy (non-hydrogen) atoms. The van der Waals surface area contributed by atoms with Crippen molar-refractivity contribution in [2.45, 2.75) is 13.5 Å². The minimum atomic E-state index is 0.444. The monoisotopic (exact) mass is 295 g/mol. The van der Waals surface area contributed by atoms with Gasteiger partial charge in [0.15, 0.2) is 0 Å². The molecule has 0 aliphatic rings. The molecule has 4 nitrogen and oxygen atoms in total. The van der Waals surface area contributed by atoms with Crippen LogP contribution in [0.25, 0.3) is 0 Å². The maximum absolute atomic E-state index is 5.82. The summed E-state index contributed by atoms with van der Waals surface area (Å²) in [5.41, 5.74) is 7.57. The highest BCUT2D eigenvalue weighted by Crippen LogP contribution is 2.28. The van der Waals surface area contributed by atoms with Crippen molar-refractivity contribution >= 4 is 15.9 Å². The lowest BCUT2D eigenvalue weighted by Gasteiger charge is -2.10. The summed E-state index contributed by atoms with van der Waals surface area (Å²) >= 11 is 3.42. The second-order valence-corrected chi connectivity index (χ2v) is 4.72. The van der Waals surface area contributed by atoms with Gasteiger partial charge >= 0.3 is 0 Å². The first kappa shape index (κ1) is 12.1. The van der Waals surface area contributed by atoms with E-state index < -0.39 is 0 Å². The number of benzene rings is 1. The molecule has 2 N–H and O–H groups in total. The number of nitrogens with two attached hydrogens (primary N) is 1. The molecule has 0 aliphatic carbocycles. The van der Waals surface area contributed by atoms with Crippen LogP contribution in [0.3, 0.4) is 0 Å². The Hall–Kier alpha value is -1.33. The van der Waals surface area contributed by atoms with E-state index in [4.69, 9.17) is 10.5 Å². The van der Waals surface area contributed by atoms with Crippen LogP contribution < -0.4 is 10.5 Å². The lowest BCUT2D eigenvalue weighted by molar-refractivity contribution is 0.426. The molecule has 2 rings (SSSR count). The van der Waals surface area contributed by atoms with Crippen LogP contribution in [0.1, 0.15) is 11.3 Å². The number of hydrogen-bond acceptors (Lipinski definition) is 3. The first-order valence-electron chi connectivity index (χ1n) is 5.27. The van der Waals surface area contributed by atoms with Crippen molar-refractivity contribution in [1.82, 2.24) is 9.78 Å². The van der Waals surface area contributed by atoms with E-state index in [-0.39, 0.29) is 0 Å². The van der Waals surface area contributed by atoms with Crippen LogP contribution in [-0.2, 0) is 13.6 Å². The van der Waals surface area contributed by atoms with E-state index >= 15 is 0 Å². The zero-order valence-corrected chi connectivity index (χ0v) is 11.4. The molecule has 1 aromatic carbocycles. The quantitative estimate of drug-likeness (QED) is 0.947. The van der Waals surface area contributed by atoms with Crippen LogP contribution in [0.5, 0.6) is 11.6 Å². The van der Waals surface area contributed by atoms with E-state index in [1.54, 1.807) is 4.68 Å². The van der Waals surface area contributed by atoms with E-state index in [0.717, 1.165) is 21.5 Å². The van der Waals surface area contributed by atoms with Gasteiger partial charge in [0, 0.05) is 29.7 Å². The first-order chi connectivity index (χ1) is 8.10. The summed E-state index contributed by atoms with van der Waals surface area (Å²) < 4.78 is 8.49. The number of rotatable bonds is 3. The molecule has 0 atom stereocenters. The molecule has 0 radical (unpaired) electrons. The number of nitrogens with zero attached hydrogens (tertiary/aromatic N) is 2. The van der Waals surface area contributed by atoms with Gasteiger partial charge in [0.1, 0.15) is 5.75 Å². The van der Waals surface area contributed by atoms with Gasteiger partial charge in [-0.2, -0.15) is 5.10 Å². The summed E-state index contributed by atoms with van der Waals surface area (Å²) in [7, 11) is 1.85. The van der Waals surface area contributed by atoms with Crippen molar-refractivity contribution in [3.8, 4) is 11.6 Å². The Morgan fingerprint density at radius 2 is 2.18 bits per heavy atom. The van der Waals surface area contributed by atoms with Crippen LogP contribution in [-0.4, -0.2) is 9.78 Å². The highest BCUT2D eigenvalue weighted by molar-refractivity contribution is 9.10. The standard InChI is InChI=1S/C12H14BrN3O/c1-8-5-12(16(2)15-8)17-11-6-10(13)4-3-9(11)7-14/h3-6H,7,14H2,1-2H3. The summed E-state index contributed by atoms with van der Waals surface area (Å²) in [6.07, 6.45) is 0. The lowest BCUT2D eigenvalue weighted by Crippen LogP contribution is -2.01.